The highest BCUT2D eigenvalue weighted by atomic mass is 32.1. The minimum atomic E-state index is -0.621. The van der Waals surface area contributed by atoms with Gasteiger partial charge in [-0.2, -0.15) is 11.3 Å². The van der Waals surface area contributed by atoms with Crippen molar-refractivity contribution in [2.45, 2.75) is 32.7 Å². The van der Waals surface area contributed by atoms with Gasteiger partial charge in [0, 0.05) is 12.2 Å². The lowest BCUT2D eigenvalue weighted by Gasteiger charge is -2.27. The molecule has 1 aliphatic heterocycles. The first-order valence-electron chi connectivity index (χ1n) is 8.98. The van der Waals surface area contributed by atoms with Gasteiger partial charge < -0.3 is 10.6 Å². The number of likely N-dealkylation sites (tertiary alicyclic amines) is 1. The maximum absolute atomic E-state index is 12.3. The van der Waals surface area contributed by atoms with Crippen LogP contribution in [-0.2, 0) is 9.59 Å². The van der Waals surface area contributed by atoms with Gasteiger partial charge in [-0.1, -0.05) is 12.1 Å². The van der Waals surface area contributed by atoms with Crippen LogP contribution in [0.5, 0.6) is 0 Å². The van der Waals surface area contributed by atoms with E-state index >= 15 is 0 Å². The van der Waals surface area contributed by atoms with Crippen molar-refractivity contribution >= 4 is 28.8 Å². The number of benzene rings is 1. The highest BCUT2D eigenvalue weighted by Gasteiger charge is 2.25. The highest BCUT2D eigenvalue weighted by molar-refractivity contribution is 7.08. The summed E-state index contributed by atoms with van der Waals surface area (Å²) in [6.45, 7) is 6.42. The Morgan fingerprint density at radius 3 is 2.62 bits per heavy atom. The normalized spacial score (nSPS) is 15.6. The largest absolute Gasteiger partial charge is 0.346 e. The molecule has 2 heterocycles. The van der Waals surface area contributed by atoms with Gasteiger partial charge in [0.2, 0.25) is 0 Å². The van der Waals surface area contributed by atoms with Gasteiger partial charge in [-0.25, -0.2) is 0 Å². The van der Waals surface area contributed by atoms with E-state index in [0.29, 0.717) is 12.2 Å². The second kappa shape index (κ2) is 8.47. The van der Waals surface area contributed by atoms with Gasteiger partial charge in [0.25, 0.3) is 0 Å². The van der Waals surface area contributed by atoms with E-state index in [2.05, 4.69) is 27.0 Å². The lowest BCUT2D eigenvalue weighted by Crippen LogP contribution is -2.41. The molecule has 5 nitrogen and oxygen atoms in total. The third-order valence-electron chi connectivity index (χ3n) is 5.02. The van der Waals surface area contributed by atoms with Gasteiger partial charge in [0.1, 0.15) is 0 Å². The maximum atomic E-state index is 12.3. The molecule has 0 bridgehead atoms. The predicted octanol–water partition coefficient (Wildman–Crippen LogP) is 3.26. The minimum absolute atomic E-state index is 0.126. The van der Waals surface area contributed by atoms with Gasteiger partial charge in [-0.15, -0.1) is 0 Å². The van der Waals surface area contributed by atoms with Gasteiger partial charge in [-0.3, -0.25) is 14.5 Å². The lowest BCUT2D eigenvalue weighted by atomic mass is 10.1. The summed E-state index contributed by atoms with van der Waals surface area (Å²) in [5, 5.41) is 9.70. The van der Waals surface area contributed by atoms with Crippen molar-refractivity contribution in [3.63, 3.8) is 0 Å². The fraction of sp³-hybridized carbons (Fsp3) is 0.400. The number of nitrogens with one attached hydrogen (secondary N) is 2. The van der Waals surface area contributed by atoms with E-state index in [9.17, 15) is 9.59 Å². The molecule has 1 aromatic heterocycles. The summed E-state index contributed by atoms with van der Waals surface area (Å²) >= 11 is 1.65. The standard InChI is InChI=1S/C20H25N3O2S/c1-14-6-5-7-17(15(14)2)22-20(25)19(24)21-12-18(16-8-11-26-13-16)23-9-3-4-10-23/h5-8,11,13,18H,3-4,9-10,12H2,1-2H3,(H,21,24)(H,22,25). The molecule has 1 saturated heterocycles. The smallest absolute Gasteiger partial charge is 0.313 e. The van der Waals surface area contributed by atoms with Crippen LogP contribution in [0.3, 0.4) is 0 Å². The quantitative estimate of drug-likeness (QED) is 0.793. The highest BCUT2D eigenvalue weighted by Crippen LogP contribution is 2.26. The van der Waals surface area contributed by atoms with E-state index in [1.165, 1.54) is 18.4 Å². The van der Waals surface area contributed by atoms with Crippen molar-refractivity contribution < 1.29 is 9.59 Å². The molecular formula is C20H25N3O2S. The molecule has 0 spiro atoms. The van der Waals surface area contributed by atoms with Crippen LogP contribution in [0.4, 0.5) is 5.69 Å². The molecule has 3 rings (SSSR count). The van der Waals surface area contributed by atoms with E-state index in [1.54, 1.807) is 11.3 Å². The summed E-state index contributed by atoms with van der Waals surface area (Å²) in [4.78, 5) is 26.9. The minimum Gasteiger partial charge on any atom is -0.346 e. The van der Waals surface area contributed by atoms with E-state index in [0.717, 1.165) is 24.2 Å². The van der Waals surface area contributed by atoms with Crippen LogP contribution in [0, 0.1) is 13.8 Å². The lowest BCUT2D eigenvalue weighted by molar-refractivity contribution is -0.136. The number of rotatable bonds is 5. The summed E-state index contributed by atoms with van der Waals surface area (Å²) in [6.07, 6.45) is 2.36. The van der Waals surface area contributed by atoms with Crippen LogP contribution in [0.2, 0.25) is 0 Å². The predicted molar refractivity (Wildman–Crippen MR) is 105 cm³/mol. The zero-order chi connectivity index (χ0) is 18.5. The van der Waals surface area contributed by atoms with Crippen molar-refractivity contribution in [1.82, 2.24) is 10.2 Å². The van der Waals surface area contributed by atoms with E-state index in [1.807, 2.05) is 37.4 Å². The number of carbonyl (C=O) groups is 2. The number of hydrogen-bond acceptors (Lipinski definition) is 4. The Kier molecular flexibility index (Phi) is 6.06. The molecule has 2 amide bonds. The summed E-state index contributed by atoms with van der Waals surface area (Å²) < 4.78 is 0. The molecule has 0 aliphatic carbocycles. The van der Waals surface area contributed by atoms with Crippen molar-refractivity contribution in [2.24, 2.45) is 0 Å². The Balaban J connectivity index is 1.61. The first-order chi connectivity index (χ1) is 12.6. The fourth-order valence-electron chi connectivity index (χ4n) is 3.31. The average molecular weight is 372 g/mol. The average Bonchev–Trinajstić information content (AvgIpc) is 3.33. The Morgan fingerprint density at radius 1 is 1.15 bits per heavy atom. The molecule has 0 saturated carbocycles. The number of thiophene rings is 1. The van der Waals surface area contributed by atoms with Crippen LogP contribution in [0.15, 0.2) is 35.0 Å². The third-order valence-corrected chi connectivity index (χ3v) is 5.73. The number of amides is 2. The zero-order valence-electron chi connectivity index (χ0n) is 15.2. The first kappa shape index (κ1) is 18.6. The molecule has 138 valence electrons. The number of hydrogen-bond donors (Lipinski definition) is 2. The van der Waals surface area contributed by atoms with Crippen molar-refractivity contribution in [3.8, 4) is 0 Å². The van der Waals surface area contributed by atoms with E-state index in [4.69, 9.17) is 0 Å². The molecule has 2 N–H and O–H groups in total. The Labute approximate surface area is 158 Å². The molecule has 1 atom stereocenters. The Bertz CT molecular complexity index is 767. The van der Waals surface area contributed by atoms with Crippen LogP contribution in [0.25, 0.3) is 0 Å². The number of nitrogens with zero attached hydrogens (tertiary/aromatic N) is 1. The summed E-state index contributed by atoms with van der Waals surface area (Å²) in [7, 11) is 0. The Hall–Kier alpha value is -2.18. The molecule has 1 fully saturated rings. The van der Waals surface area contributed by atoms with Gasteiger partial charge in [0.15, 0.2) is 0 Å². The molecule has 1 unspecified atom stereocenters. The monoisotopic (exact) mass is 371 g/mol. The molecule has 1 aromatic carbocycles. The van der Waals surface area contributed by atoms with Crippen molar-refractivity contribution in [1.29, 1.82) is 0 Å². The first-order valence-corrected chi connectivity index (χ1v) is 9.92. The SMILES string of the molecule is Cc1cccc(NC(=O)C(=O)NCC(c2ccsc2)N2CCCC2)c1C. The van der Waals surface area contributed by atoms with Crippen LogP contribution < -0.4 is 10.6 Å². The second-order valence-electron chi connectivity index (χ2n) is 6.73. The van der Waals surface area contributed by atoms with Gasteiger partial charge in [-0.05, 0) is 79.4 Å². The number of aryl methyl sites for hydroxylation is 1. The molecule has 26 heavy (non-hydrogen) atoms. The molecular weight excluding hydrogens is 346 g/mol. The summed E-state index contributed by atoms with van der Waals surface area (Å²) in [5.74, 6) is -1.21. The number of anilines is 1. The topological polar surface area (TPSA) is 61.4 Å². The maximum Gasteiger partial charge on any atom is 0.313 e. The fourth-order valence-corrected chi connectivity index (χ4v) is 4.02. The van der Waals surface area contributed by atoms with Crippen LogP contribution in [0.1, 0.15) is 35.6 Å². The van der Waals surface area contributed by atoms with Crippen LogP contribution in [-0.4, -0.2) is 36.3 Å². The van der Waals surface area contributed by atoms with Gasteiger partial charge >= 0.3 is 11.8 Å². The Morgan fingerprint density at radius 2 is 1.92 bits per heavy atom. The van der Waals surface area contributed by atoms with Crippen LogP contribution >= 0.6 is 11.3 Å². The molecule has 2 aromatic rings. The number of carbonyl (C=O) groups excluding carboxylic acids is 2. The van der Waals surface area contributed by atoms with E-state index < -0.39 is 11.8 Å². The zero-order valence-corrected chi connectivity index (χ0v) is 16.1. The molecule has 1 aliphatic rings. The van der Waals surface area contributed by atoms with Crippen molar-refractivity contribution in [2.75, 3.05) is 25.0 Å². The molecule has 0 radical (unpaired) electrons. The second-order valence-corrected chi connectivity index (χ2v) is 7.51. The third kappa shape index (κ3) is 4.31. The van der Waals surface area contributed by atoms with E-state index in [-0.39, 0.29) is 6.04 Å². The molecule has 6 heteroatoms. The van der Waals surface area contributed by atoms with Crippen molar-refractivity contribution in [3.05, 3.63) is 51.7 Å². The van der Waals surface area contributed by atoms with Gasteiger partial charge in [0.05, 0.1) is 6.04 Å². The summed E-state index contributed by atoms with van der Waals surface area (Å²) in [6, 6.07) is 7.88. The summed E-state index contributed by atoms with van der Waals surface area (Å²) in [5.41, 5.74) is 3.93.